The summed E-state index contributed by atoms with van der Waals surface area (Å²) in [6.07, 6.45) is 2.03. The van der Waals surface area contributed by atoms with Crippen molar-refractivity contribution in [2.45, 2.75) is 6.92 Å². The Morgan fingerprint density at radius 3 is 2.81 bits per heavy atom. The Bertz CT molecular complexity index is 342. The van der Waals surface area contributed by atoms with Gasteiger partial charge in [0.2, 0.25) is 0 Å². The van der Waals surface area contributed by atoms with E-state index in [0.29, 0.717) is 12.1 Å². The summed E-state index contributed by atoms with van der Waals surface area (Å²) < 4.78 is 0. The molecule has 0 bridgehead atoms. The molecule has 1 amide bonds. The second-order valence-electron chi connectivity index (χ2n) is 3.32. The second kappa shape index (κ2) is 7.17. The number of carbonyl (C=O) groups is 1. The summed E-state index contributed by atoms with van der Waals surface area (Å²) in [6, 6.07) is 7.57. The first-order valence-electron chi connectivity index (χ1n) is 5.39. The van der Waals surface area contributed by atoms with Crippen LogP contribution in [-0.4, -0.2) is 31.0 Å². The molecule has 1 rings (SSSR count). The van der Waals surface area contributed by atoms with E-state index in [1.165, 1.54) is 0 Å². The Morgan fingerprint density at radius 2 is 2.12 bits per heavy atom. The van der Waals surface area contributed by atoms with Gasteiger partial charge in [0.1, 0.15) is 0 Å². The van der Waals surface area contributed by atoms with Crippen LogP contribution in [0.2, 0.25) is 0 Å². The SMILES string of the molecule is CCNc1ccccc1C(=O)NCCSC. The number of hydrogen-bond acceptors (Lipinski definition) is 3. The van der Waals surface area contributed by atoms with Crippen LogP contribution >= 0.6 is 11.8 Å². The van der Waals surface area contributed by atoms with E-state index in [2.05, 4.69) is 10.6 Å². The molecule has 0 aliphatic rings. The first-order chi connectivity index (χ1) is 7.79. The number of nitrogens with one attached hydrogen (secondary N) is 2. The summed E-state index contributed by atoms with van der Waals surface area (Å²) in [7, 11) is 0. The molecule has 0 heterocycles. The Balaban J connectivity index is 2.66. The minimum Gasteiger partial charge on any atom is -0.385 e. The van der Waals surface area contributed by atoms with Gasteiger partial charge in [-0.15, -0.1) is 0 Å². The van der Waals surface area contributed by atoms with Crippen molar-refractivity contribution >= 4 is 23.4 Å². The first-order valence-corrected chi connectivity index (χ1v) is 6.79. The van der Waals surface area contributed by atoms with E-state index in [1.54, 1.807) is 11.8 Å². The lowest BCUT2D eigenvalue weighted by molar-refractivity contribution is 0.0957. The lowest BCUT2D eigenvalue weighted by Crippen LogP contribution is -2.26. The largest absolute Gasteiger partial charge is 0.385 e. The highest BCUT2D eigenvalue weighted by molar-refractivity contribution is 7.98. The number of carbonyl (C=O) groups excluding carboxylic acids is 1. The maximum absolute atomic E-state index is 11.9. The number of thioether (sulfide) groups is 1. The molecule has 0 aliphatic carbocycles. The predicted molar refractivity (Wildman–Crippen MR) is 71.3 cm³/mol. The van der Waals surface area contributed by atoms with Crippen LogP contribution in [0.4, 0.5) is 5.69 Å². The van der Waals surface area contributed by atoms with Crippen LogP contribution in [-0.2, 0) is 0 Å². The van der Waals surface area contributed by atoms with E-state index in [4.69, 9.17) is 0 Å². The van der Waals surface area contributed by atoms with Gasteiger partial charge in [0.05, 0.1) is 5.56 Å². The summed E-state index contributed by atoms with van der Waals surface area (Å²) in [4.78, 5) is 11.9. The van der Waals surface area contributed by atoms with Crippen molar-refractivity contribution in [3.05, 3.63) is 29.8 Å². The molecule has 0 fully saturated rings. The van der Waals surface area contributed by atoms with Crippen molar-refractivity contribution in [2.75, 3.05) is 30.4 Å². The zero-order valence-electron chi connectivity index (χ0n) is 9.75. The molecule has 0 atom stereocenters. The highest BCUT2D eigenvalue weighted by Gasteiger charge is 2.08. The Hall–Kier alpha value is -1.16. The Kier molecular flexibility index (Phi) is 5.78. The van der Waals surface area contributed by atoms with E-state index in [-0.39, 0.29) is 5.91 Å². The van der Waals surface area contributed by atoms with Crippen molar-refractivity contribution in [3.8, 4) is 0 Å². The van der Waals surface area contributed by atoms with Crippen molar-refractivity contribution in [2.24, 2.45) is 0 Å². The number of anilines is 1. The molecule has 1 aromatic carbocycles. The molecule has 0 aromatic heterocycles. The van der Waals surface area contributed by atoms with Gasteiger partial charge in [0.15, 0.2) is 0 Å². The van der Waals surface area contributed by atoms with Gasteiger partial charge in [-0.1, -0.05) is 12.1 Å². The summed E-state index contributed by atoms with van der Waals surface area (Å²) >= 11 is 1.72. The summed E-state index contributed by atoms with van der Waals surface area (Å²) in [6.45, 7) is 3.54. The fraction of sp³-hybridized carbons (Fsp3) is 0.417. The number of para-hydroxylation sites is 1. The second-order valence-corrected chi connectivity index (χ2v) is 4.31. The van der Waals surface area contributed by atoms with Gasteiger partial charge in [0, 0.05) is 24.5 Å². The van der Waals surface area contributed by atoms with Gasteiger partial charge in [0.25, 0.3) is 5.91 Å². The van der Waals surface area contributed by atoms with Gasteiger partial charge in [-0.25, -0.2) is 0 Å². The van der Waals surface area contributed by atoms with Crippen LogP contribution in [0.25, 0.3) is 0 Å². The van der Waals surface area contributed by atoms with E-state index in [0.717, 1.165) is 18.0 Å². The van der Waals surface area contributed by atoms with Gasteiger partial charge < -0.3 is 10.6 Å². The maximum atomic E-state index is 11.9. The third-order valence-electron chi connectivity index (χ3n) is 2.13. The van der Waals surface area contributed by atoms with Crippen molar-refractivity contribution in [1.82, 2.24) is 5.32 Å². The molecule has 16 heavy (non-hydrogen) atoms. The number of benzene rings is 1. The van der Waals surface area contributed by atoms with E-state index in [1.807, 2.05) is 37.4 Å². The van der Waals surface area contributed by atoms with Gasteiger partial charge >= 0.3 is 0 Å². The van der Waals surface area contributed by atoms with Gasteiger partial charge in [-0.05, 0) is 25.3 Å². The fourth-order valence-electron chi connectivity index (χ4n) is 1.39. The third-order valence-corrected chi connectivity index (χ3v) is 2.74. The molecule has 0 saturated heterocycles. The fourth-order valence-corrected chi connectivity index (χ4v) is 1.69. The molecule has 0 radical (unpaired) electrons. The number of amides is 1. The van der Waals surface area contributed by atoms with E-state index >= 15 is 0 Å². The minimum absolute atomic E-state index is 0.00870. The highest BCUT2D eigenvalue weighted by Crippen LogP contribution is 2.14. The number of rotatable bonds is 6. The van der Waals surface area contributed by atoms with Crippen LogP contribution < -0.4 is 10.6 Å². The van der Waals surface area contributed by atoms with Gasteiger partial charge in [-0.2, -0.15) is 11.8 Å². The lowest BCUT2D eigenvalue weighted by atomic mass is 10.1. The van der Waals surface area contributed by atoms with Crippen molar-refractivity contribution in [3.63, 3.8) is 0 Å². The zero-order valence-corrected chi connectivity index (χ0v) is 10.6. The molecule has 0 aliphatic heterocycles. The molecule has 88 valence electrons. The molecular weight excluding hydrogens is 220 g/mol. The van der Waals surface area contributed by atoms with E-state index < -0.39 is 0 Å². The Morgan fingerprint density at radius 1 is 1.38 bits per heavy atom. The molecule has 1 aromatic rings. The van der Waals surface area contributed by atoms with Gasteiger partial charge in [-0.3, -0.25) is 4.79 Å². The molecular formula is C12H18N2OS. The smallest absolute Gasteiger partial charge is 0.253 e. The molecule has 0 saturated carbocycles. The average Bonchev–Trinajstić information content (AvgIpc) is 2.30. The Labute approximate surface area is 101 Å². The minimum atomic E-state index is -0.00870. The average molecular weight is 238 g/mol. The maximum Gasteiger partial charge on any atom is 0.253 e. The normalized spacial score (nSPS) is 9.88. The third kappa shape index (κ3) is 3.77. The van der Waals surface area contributed by atoms with Crippen LogP contribution in [0.15, 0.2) is 24.3 Å². The lowest BCUT2D eigenvalue weighted by Gasteiger charge is -2.10. The topological polar surface area (TPSA) is 41.1 Å². The van der Waals surface area contributed by atoms with Crippen LogP contribution in [0.5, 0.6) is 0 Å². The van der Waals surface area contributed by atoms with E-state index in [9.17, 15) is 4.79 Å². The van der Waals surface area contributed by atoms with Crippen LogP contribution in [0.1, 0.15) is 17.3 Å². The monoisotopic (exact) mass is 238 g/mol. The predicted octanol–water partition coefficient (Wildman–Crippen LogP) is 2.21. The molecule has 4 heteroatoms. The summed E-state index contributed by atoms with van der Waals surface area (Å²) in [5.74, 6) is 0.931. The molecule has 0 unspecified atom stereocenters. The zero-order chi connectivity index (χ0) is 11.8. The van der Waals surface area contributed by atoms with Crippen LogP contribution in [0.3, 0.4) is 0 Å². The molecule has 0 spiro atoms. The molecule has 3 nitrogen and oxygen atoms in total. The number of hydrogen-bond donors (Lipinski definition) is 2. The summed E-state index contributed by atoms with van der Waals surface area (Å²) in [5.41, 5.74) is 1.61. The van der Waals surface area contributed by atoms with Crippen LogP contribution in [0, 0.1) is 0 Å². The summed E-state index contributed by atoms with van der Waals surface area (Å²) in [5, 5.41) is 6.08. The quantitative estimate of drug-likeness (QED) is 0.747. The van der Waals surface area contributed by atoms with Crippen molar-refractivity contribution < 1.29 is 4.79 Å². The standard InChI is InChI=1S/C12H18N2OS/c1-3-13-11-7-5-4-6-10(11)12(15)14-8-9-16-2/h4-7,13H,3,8-9H2,1-2H3,(H,14,15). The highest BCUT2D eigenvalue weighted by atomic mass is 32.2. The van der Waals surface area contributed by atoms with Crippen molar-refractivity contribution in [1.29, 1.82) is 0 Å². The molecule has 2 N–H and O–H groups in total. The first kappa shape index (κ1) is 12.9.